The van der Waals surface area contributed by atoms with Crippen LogP contribution in [0, 0.1) is 0 Å². The molecule has 2 atom stereocenters. The van der Waals surface area contributed by atoms with E-state index >= 15 is 0 Å². The van der Waals surface area contributed by atoms with Gasteiger partial charge in [-0.2, -0.15) is 0 Å². The average Bonchev–Trinajstić information content (AvgIpc) is 2.95. The van der Waals surface area contributed by atoms with E-state index in [9.17, 15) is 9.90 Å². The lowest BCUT2D eigenvalue weighted by Crippen LogP contribution is -2.52. The highest BCUT2D eigenvalue weighted by Crippen LogP contribution is 2.20. The summed E-state index contributed by atoms with van der Waals surface area (Å²) >= 11 is 5.90. The highest BCUT2D eigenvalue weighted by Gasteiger charge is 2.38. The van der Waals surface area contributed by atoms with E-state index in [0.717, 1.165) is 26.2 Å². The molecule has 132 valence electrons. The van der Waals surface area contributed by atoms with Gasteiger partial charge in [0, 0.05) is 44.3 Å². The second-order valence-electron chi connectivity index (χ2n) is 6.52. The van der Waals surface area contributed by atoms with Gasteiger partial charge in [0.15, 0.2) is 6.61 Å². The fourth-order valence-corrected chi connectivity index (χ4v) is 3.46. The molecule has 1 amide bonds. The van der Waals surface area contributed by atoms with Crippen LogP contribution in [0.2, 0.25) is 5.02 Å². The van der Waals surface area contributed by atoms with E-state index in [1.54, 1.807) is 29.2 Å². The van der Waals surface area contributed by atoms with Gasteiger partial charge in [-0.15, -0.1) is 0 Å². The Morgan fingerprint density at radius 2 is 2.04 bits per heavy atom. The number of benzene rings is 1. The van der Waals surface area contributed by atoms with Crippen LogP contribution >= 0.6 is 11.6 Å². The van der Waals surface area contributed by atoms with Crippen molar-refractivity contribution in [3.8, 4) is 5.75 Å². The monoisotopic (exact) mass is 353 g/mol. The van der Waals surface area contributed by atoms with E-state index in [-0.39, 0.29) is 18.6 Å². The fourth-order valence-electron chi connectivity index (χ4n) is 3.28. The summed E-state index contributed by atoms with van der Waals surface area (Å²) < 4.78 is 5.51. The molecule has 3 rings (SSSR count). The predicted octanol–water partition coefficient (Wildman–Crippen LogP) is 0.538. The van der Waals surface area contributed by atoms with Crippen LogP contribution in [0.1, 0.15) is 0 Å². The molecule has 2 aliphatic rings. The third-order valence-corrected chi connectivity index (χ3v) is 5.01. The number of likely N-dealkylation sites (N-methyl/N-ethyl adjacent to an activating group) is 1. The number of β-amino-alcohol motifs (C(OH)–C–C–N with tert-alkyl or cyclic N) is 1. The Hall–Kier alpha value is -1.34. The van der Waals surface area contributed by atoms with Crippen molar-refractivity contribution in [2.24, 2.45) is 0 Å². The van der Waals surface area contributed by atoms with Crippen LogP contribution in [0.25, 0.3) is 0 Å². The summed E-state index contributed by atoms with van der Waals surface area (Å²) in [6.45, 7) is 4.74. The smallest absolute Gasteiger partial charge is 0.260 e. The number of ether oxygens (including phenoxy) is 1. The summed E-state index contributed by atoms with van der Waals surface area (Å²) in [6.07, 6.45) is -0.497. The molecule has 2 saturated heterocycles. The number of aliphatic hydroxyl groups is 1. The summed E-state index contributed by atoms with van der Waals surface area (Å²) in [5, 5.41) is 10.9. The lowest BCUT2D eigenvalue weighted by atomic mass is 10.1. The number of likely N-dealkylation sites (tertiary alicyclic amines) is 1. The van der Waals surface area contributed by atoms with Gasteiger partial charge < -0.3 is 19.6 Å². The third-order valence-electron chi connectivity index (χ3n) is 4.78. The minimum absolute atomic E-state index is 0.0221. The van der Waals surface area contributed by atoms with Gasteiger partial charge in [-0.3, -0.25) is 9.69 Å². The zero-order valence-corrected chi connectivity index (χ0v) is 14.7. The molecular weight excluding hydrogens is 330 g/mol. The number of carbonyl (C=O) groups excluding carboxylic acids is 1. The Morgan fingerprint density at radius 1 is 1.29 bits per heavy atom. The number of amides is 1. The van der Waals surface area contributed by atoms with Crippen LogP contribution in [0.15, 0.2) is 24.3 Å². The Balaban J connectivity index is 1.51. The van der Waals surface area contributed by atoms with E-state index < -0.39 is 6.10 Å². The molecule has 1 N–H and O–H groups in total. The summed E-state index contributed by atoms with van der Waals surface area (Å²) in [5.41, 5.74) is 0. The van der Waals surface area contributed by atoms with Crippen molar-refractivity contribution in [1.82, 2.24) is 14.7 Å². The largest absolute Gasteiger partial charge is 0.484 e. The van der Waals surface area contributed by atoms with Crippen molar-refractivity contribution in [1.29, 1.82) is 0 Å². The van der Waals surface area contributed by atoms with Crippen LogP contribution < -0.4 is 4.74 Å². The summed E-state index contributed by atoms with van der Waals surface area (Å²) in [5.74, 6) is 0.469. The number of aliphatic hydroxyl groups excluding tert-OH is 1. The Kier molecular flexibility index (Phi) is 5.61. The fraction of sp³-hybridized carbons (Fsp3) is 0.588. The maximum absolute atomic E-state index is 12.4. The van der Waals surface area contributed by atoms with Gasteiger partial charge in [-0.05, 0) is 25.2 Å². The average molecular weight is 354 g/mol. The lowest BCUT2D eigenvalue weighted by molar-refractivity contribution is -0.132. The number of halogens is 1. The number of rotatable bonds is 4. The number of hydrogen-bond acceptors (Lipinski definition) is 5. The first-order valence-electron chi connectivity index (χ1n) is 8.30. The summed E-state index contributed by atoms with van der Waals surface area (Å²) in [4.78, 5) is 18.6. The normalized spacial score (nSPS) is 25.9. The van der Waals surface area contributed by atoms with Crippen molar-refractivity contribution in [3.63, 3.8) is 0 Å². The predicted molar refractivity (Wildman–Crippen MR) is 92.4 cm³/mol. The molecule has 1 aromatic rings. The Bertz CT molecular complexity index is 578. The maximum Gasteiger partial charge on any atom is 0.260 e. The molecule has 0 bridgehead atoms. The second-order valence-corrected chi connectivity index (χ2v) is 6.96. The first-order chi connectivity index (χ1) is 11.5. The molecule has 6 nitrogen and oxygen atoms in total. The SMILES string of the molecule is CN1CCN([C@H]2CN(C(=O)COc3cccc(Cl)c3)C[C@@H]2O)CC1. The molecular formula is C17H24ClN3O3. The van der Waals surface area contributed by atoms with Gasteiger partial charge >= 0.3 is 0 Å². The summed E-state index contributed by atoms with van der Waals surface area (Å²) in [6, 6.07) is 7.01. The molecule has 2 fully saturated rings. The van der Waals surface area contributed by atoms with Gasteiger partial charge in [-0.25, -0.2) is 0 Å². The van der Waals surface area contributed by atoms with Crippen molar-refractivity contribution >= 4 is 17.5 Å². The van der Waals surface area contributed by atoms with Crippen molar-refractivity contribution < 1.29 is 14.6 Å². The quantitative estimate of drug-likeness (QED) is 0.856. The second kappa shape index (κ2) is 7.70. The van der Waals surface area contributed by atoms with Gasteiger partial charge in [0.2, 0.25) is 0 Å². The van der Waals surface area contributed by atoms with E-state index in [1.807, 2.05) is 0 Å². The highest BCUT2D eigenvalue weighted by molar-refractivity contribution is 6.30. The number of piperazine rings is 1. The van der Waals surface area contributed by atoms with E-state index in [1.165, 1.54) is 0 Å². The van der Waals surface area contributed by atoms with Gasteiger partial charge in [0.1, 0.15) is 5.75 Å². The first kappa shape index (κ1) is 17.5. The molecule has 0 saturated carbocycles. The topological polar surface area (TPSA) is 56.2 Å². The number of nitrogens with zero attached hydrogens (tertiary/aromatic N) is 3. The first-order valence-corrected chi connectivity index (χ1v) is 8.67. The molecule has 0 aromatic heterocycles. The van der Waals surface area contributed by atoms with E-state index in [2.05, 4.69) is 16.8 Å². The van der Waals surface area contributed by atoms with Gasteiger partial charge in [0.05, 0.1) is 12.1 Å². The van der Waals surface area contributed by atoms with E-state index in [0.29, 0.717) is 23.9 Å². The Labute approximate surface area is 147 Å². The third kappa shape index (κ3) is 4.19. The zero-order valence-electron chi connectivity index (χ0n) is 13.9. The zero-order chi connectivity index (χ0) is 17.1. The molecule has 0 aliphatic carbocycles. The van der Waals surface area contributed by atoms with Crippen molar-refractivity contribution in [2.45, 2.75) is 12.1 Å². The maximum atomic E-state index is 12.4. The van der Waals surface area contributed by atoms with Crippen molar-refractivity contribution in [2.75, 3.05) is 52.9 Å². The lowest BCUT2D eigenvalue weighted by Gasteiger charge is -2.37. The molecule has 0 unspecified atom stereocenters. The van der Waals surface area contributed by atoms with Crippen LogP contribution in [-0.4, -0.2) is 90.8 Å². The van der Waals surface area contributed by atoms with Gasteiger partial charge in [0.25, 0.3) is 5.91 Å². The van der Waals surface area contributed by atoms with Crippen LogP contribution in [0.3, 0.4) is 0 Å². The van der Waals surface area contributed by atoms with E-state index in [4.69, 9.17) is 16.3 Å². The number of hydrogen-bond donors (Lipinski definition) is 1. The molecule has 0 spiro atoms. The Morgan fingerprint density at radius 3 is 2.75 bits per heavy atom. The van der Waals surface area contributed by atoms with Crippen LogP contribution in [0.5, 0.6) is 5.75 Å². The summed E-state index contributed by atoms with van der Waals surface area (Å²) in [7, 11) is 2.10. The van der Waals surface area contributed by atoms with Crippen LogP contribution in [-0.2, 0) is 4.79 Å². The van der Waals surface area contributed by atoms with Crippen LogP contribution in [0.4, 0.5) is 0 Å². The molecule has 1 aromatic carbocycles. The minimum atomic E-state index is -0.497. The molecule has 2 heterocycles. The van der Waals surface area contributed by atoms with Crippen molar-refractivity contribution in [3.05, 3.63) is 29.3 Å². The van der Waals surface area contributed by atoms with Gasteiger partial charge in [-0.1, -0.05) is 17.7 Å². The molecule has 24 heavy (non-hydrogen) atoms. The standard InChI is InChI=1S/C17H24ClN3O3/c1-19-5-7-20(8-6-19)15-10-21(11-16(15)22)17(23)12-24-14-4-2-3-13(18)9-14/h2-4,9,15-16,22H,5-8,10-12H2,1H3/t15-,16-/m0/s1. The molecule has 7 heteroatoms. The molecule has 0 radical (unpaired) electrons. The highest BCUT2D eigenvalue weighted by atomic mass is 35.5. The molecule has 2 aliphatic heterocycles. The number of carbonyl (C=O) groups is 1. The minimum Gasteiger partial charge on any atom is -0.484 e.